The molecule has 0 amide bonds. The van der Waals surface area contributed by atoms with Gasteiger partial charge < -0.3 is 15.4 Å². The highest BCUT2D eigenvalue weighted by atomic mass is 35.5. The third kappa shape index (κ3) is 6.56. The maximum Gasteiger partial charge on any atom is 0.340 e. The molecule has 2 N–H and O–H groups in total. The van der Waals surface area contributed by atoms with Gasteiger partial charge in [-0.05, 0) is 87.3 Å². The first kappa shape index (κ1) is 27.9. The summed E-state index contributed by atoms with van der Waals surface area (Å²) in [5, 5.41) is 6.91. The summed E-state index contributed by atoms with van der Waals surface area (Å²) in [6.07, 6.45) is 0. The average molecular weight is 517 g/mol. The summed E-state index contributed by atoms with van der Waals surface area (Å²) in [7, 11) is 1.80. The van der Waals surface area contributed by atoms with Crippen molar-refractivity contribution in [1.29, 1.82) is 0 Å². The van der Waals surface area contributed by atoms with Gasteiger partial charge in [-0.25, -0.2) is 4.79 Å². The van der Waals surface area contributed by atoms with Crippen molar-refractivity contribution in [2.45, 2.75) is 27.7 Å². The minimum absolute atomic E-state index is 0.0144. The van der Waals surface area contributed by atoms with Crippen molar-refractivity contribution in [1.82, 2.24) is 5.32 Å². The lowest BCUT2D eigenvalue weighted by atomic mass is 9.92. The largest absolute Gasteiger partial charge is 0.461 e. The molecular weight excluding hydrogens is 484 g/mol. The van der Waals surface area contributed by atoms with Gasteiger partial charge in [-0.3, -0.25) is 4.79 Å². The highest BCUT2D eigenvalue weighted by Crippen LogP contribution is 2.34. The van der Waals surface area contributed by atoms with Crippen molar-refractivity contribution in [3.05, 3.63) is 100 Å². The molecule has 3 aromatic carbocycles. The fourth-order valence-corrected chi connectivity index (χ4v) is 4.44. The fraction of sp³-hybridized carbons (Fsp3) is 0.226. The monoisotopic (exact) mass is 516 g/mol. The molecule has 5 nitrogen and oxygen atoms in total. The molecule has 3 aromatic rings. The van der Waals surface area contributed by atoms with E-state index in [1.807, 2.05) is 63.2 Å². The number of carbonyl (C=O) groups is 2. The van der Waals surface area contributed by atoms with E-state index in [1.165, 1.54) is 0 Å². The van der Waals surface area contributed by atoms with Crippen LogP contribution in [0.5, 0.6) is 0 Å². The maximum absolute atomic E-state index is 13.0. The Morgan fingerprint density at radius 3 is 2.27 bits per heavy atom. The van der Waals surface area contributed by atoms with E-state index in [2.05, 4.69) is 23.8 Å². The van der Waals surface area contributed by atoms with Gasteiger partial charge in [0.25, 0.3) is 0 Å². The summed E-state index contributed by atoms with van der Waals surface area (Å²) >= 11 is 6.54. The summed E-state index contributed by atoms with van der Waals surface area (Å²) in [5.74, 6) is -0.463. The summed E-state index contributed by atoms with van der Waals surface area (Å²) in [4.78, 5) is 25.1. The van der Waals surface area contributed by atoms with Crippen molar-refractivity contribution < 1.29 is 14.3 Å². The molecule has 0 aromatic heterocycles. The van der Waals surface area contributed by atoms with Crippen LogP contribution in [0.1, 0.15) is 56.8 Å². The van der Waals surface area contributed by atoms with E-state index in [1.54, 1.807) is 20.0 Å². The molecule has 0 saturated carbocycles. The predicted octanol–water partition coefficient (Wildman–Crippen LogP) is 7.32. The van der Waals surface area contributed by atoms with E-state index in [4.69, 9.17) is 16.3 Å². The fourth-order valence-electron chi connectivity index (χ4n) is 4.09. The second-order valence-corrected chi connectivity index (χ2v) is 9.54. The van der Waals surface area contributed by atoms with E-state index in [-0.39, 0.29) is 12.4 Å². The minimum Gasteiger partial charge on any atom is -0.461 e. The smallest absolute Gasteiger partial charge is 0.340 e. The molecule has 0 fully saturated rings. The van der Waals surface area contributed by atoms with Gasteiger partial charge in [0.2, 0.25) is 0 Å². The van der Waals surface area contributed by atoms with Crippen molar-refractivity contribution in [3.8, 4) is 11.1 Å². The quantitative estimate of drug-likeness (QED) is 0.168. The van der Waals surface area contributed by atoms with Gasteiger partial charge in [0.1, 0.15) is 6.61 Å². The van der Waals surface area contributed by atoms with Crippen LogP contribution in [-0.2, 0) is 4.74 Å². The highest BCUT2D eigenvalue weighted by molar-refractivity contribution is 6.33. The Morgan fingerprint density at radius 1 is 0.919 bits per heavy atom. The number of hydrogen-bond donors (Lipinski definition) is 2. The lowest BCUT2D eigenvalue weighted by Gasteiger charge is -2.19. The molecule has 0 saturated heterocycles. The first-order valence-corrected chi connectivity index (χ1v) is 12.4. The summed E-state index contributed by atoms with van der Waals surface area (Å²) in [6, 6.07) is 15.1. The first-order valence-electron chi connectivity index (χ1n) is 12.0. The Morgan fingerprint density at radius 2 is 1.65 bits per heavy atom. The number of hydrogen-bond acceptors (Lipinski definition) is 5. The van der Waals surface area contributed by atoms with E-state index in [0.29, 0.717) is 34.1 Å². The topological polar surface area (TPSA) is 67.4 Å². The normalized spacial score (nSPS) is 10.6. The Kier molecular flexibility index (Phi) is 9.09. The van der Waals surface area contributed by atoms with E-state index in [0.717, 1.165) is 39.0 Å². The average Bonchev–Trinajstić information content (AvgIpc) is 2.83. The predicted molar refractivity (Wildman–Crippen MR) is 154 cm³/mol. The molecule has 0 spiro atoms. The number of halogens is 1. The van der Waals surface area contributed by atoms with Gasteiger partial charge in [0, 0.05) is 34.0 Å². The van der Waals surface area contributed by atoms with Crippen LogP contribution in [0.25, 0.3) is 22.4 Å². The number of aryl methyl sites for hydroxylation is 2. The number of nitrogens with one attached hydrogen (secondary N) is 2. The van der Waals surface area contributed by atoms with Crippen LogP contribution in [0.2, 0.25) is 5.02 Å². The number of anilines is 1. The standard InChI is InChI=1S/C31H33ClN2O3/c1-18(2)26-17-27(22(6)35)20(4)15-28(26)21(5)34-30-16-23(24-10-8-19(3)14-29(24)32)9-11-25(30)31(36)37-13-12-33-7/h8-11,14-17,33-34H,1,5,12-13H2,2-4,6-7H3. The van der Waals surface area contributed by atoms with Crippen LogP contribution in [0.4, 0.5) is 5.69 Å². The number of likely N-dealkylation sites (N-methyl/N-ethyl adjacent to an activating group) is 1. The molecule has 37 heavy (non-hydrogen) atoms. The first-order chi connectivity index (χ1) is 17.5. The van der Waals surface area contributed by atoms with E-state index in [9.17, 15) is 9.59 Å². The van der Waals surface area contributed by atoms with Crippen LogP contribution >= 0.6 is 11.6 Å². The van der Waals surface area contributed by atoms with Crippen LogP contribution in [-0.4, -0.2) is 32.0 Å². The molecule has 0 aliphatic rings. The Hall–Kier alpha value is -3.67. The van der Waals surface area contributed by atoms with Gasteiger partial charge in [-0.15, -0.1) is 0 Å². The zero-order valence-electron chi connectivity index (χ0n) is 22.0. The number of ether oxygens (including phenoxy) is 1. The highest BCUT2D eigenvalue weighted by Gasteiger charge is 2.18. The molecule has 0 radical (unpaired) electrons. The maximum atomic E-state index is 13.0. The van der Waals surface area contributed by atoms with Gasteiger partial charge >= 0.3 is 5.97 Å². The third-order valence-electron chi connectivity index (χ3n) is 6.07. The van der Waals surface area contributed by atoms with Gasteiger partial charge in [-0.1, -0.05) is 48.5 Å². The van der Waals surface area contributed by atoms with Crippen LogP contribution in [0.15, 0.2) is 61.7 Å². The summed E-state index contributed by atoms with van der Waals surface area (Å²) in [5.41, 5.74) is 8.10. The Labute approximate surface area is 224 Å². The molecule has 0 atom stereocenters. The number of Topliss-reactive ketones (excluding diaryl/α,β-unsaturated/α-hetero) is 1. The number of rotatable bonds is 10. The lowest BCUT2D eigenvalue weighted by Crippen LogP contribution is -2.18. The second-order valence-electron chi connectivity index (χ2n) is 9.14. The molecule has 192 valence electrons. The molecule has 0 bridgehead atoms. The molecule has 3 rings (SSSR count). The molecule has 0 unspecified atom stereocenters. The zero-order valence-corrected chi connectivity index (χ0v) is 22.8. The minimum atomic E-state index is -0.449. The lowest BCUT2D eigenvalue weighted by molar-refractivity contribution is 0.0511. The number of esters is 1. The SMILES string of the molecule is C=C(C)c1cc(C(C)=O)c(C)cc1C(=C)Nc1cc(-c2ccc(C)cc2Cl)ccc1C(=O)OCCNC. The molecular formula is C31H33ClN2O3. The van der Waals surface area contributed by atoms with Crippen molar-refractivity contribution in [2.24, 2.45) is 0 Å². The number of allylic oxidation sites excluding steroid dienone is 1. The van der Waals surface area contributed by atoms with Crippen molar-refractivity contribution in [3.63, 3.8) is 0 Å². The number of ketones is 1. The third-order valence-corrected chi connectivity index (χ3v) is 6.39. The van der Waals surface area contributed by atoms with Crippen LogP contribution in [0.3, 0.4) is 0 Å². The Balaban J connectivity index is 2.09. The van der Waals surface area contributed by atoms with Crippen molar-refractivity contribution in [2.75, 3.05) is 25.5 Å². The molecule has 6 heteroatoms. The molecule has 0 aliphatic carbocycles. The Bertz CT molecular complexity index is 1390. The van der Waals surface area contributed by atoms with Gasteiger partial charge in [0.15, 0.2) is 5.78 Å². The number of carbonyl (C=O) groups excluding carboxylic acids is 2. The van der Waals surface area contributed by atoms with E-state index >= 15 is 0 Å². The summed E-state index contributed by atoms with van der Waals surface area (Å²) < 4.78 is 5.46. The second kappa shape index (κ2) is 12.0. The molecule has 0 heterocycles. The van der Waals surface area contributed by atoms with E-state index < -0.39 is 5.97 Å². The van der Waals surface area contributed by atoms with Crippen LogP contribution in [0, 0.1) is 13.8 Å². The molecule has 0 aliphatic heterocycles. The van der Waals surface area contributed by atoms with Gasteiger partial charge in [0.05, 0.1) is 11.3 Å². The van der Waals surface area contributed by atoms with Gasteiger partial charge in [-0.2, -0.15) is 0 Å². The summed E-state index contributed by atoms with van der Waals surface area (Å²) in [6.45, 7) is 16.4. The number of benzene rings is 3. The van der Waals surface area contributed by atoms with Crippen molar-refractivity contribution >= 4 is 40.3 Å². The van der Waals surface area contributed by atoms with Crippen LogP contribution < -0.4 is 10.6 Å². The zero-order chi connectivity index (χ0) is 27.3.